The normalized spacial score (nSPS) is 16.8. The van der Waals surface area contributed by atoms with Crippen LogP contribution >= 0.6 is 0 Å². The minimum atomic E-state index is -5.10. The van der Waals surface area contributed by atoms with Gasteiger partial charge in [-0.2, -0.15) is 44.3 Å². The maximum absolute atomic E-state index is 13.7. The second kappa shape index (κ2) is 11.5. The summed E-state index contributed by atoms with van der Waals surface area (Å²) in [6, 6.07) is 3.62. The fraction of sp³-hybridized carbons (Fsp3) is 0.423. The molecule has 2 aromatic carbocycles. The Morgan fingerprint density at radius 2 is 1.52 bits per heavy atom. The lowest BCUT2D eigenvalue weighted by molar-refractivity contribution is -0.143. The average molecular weight is 609 g/mol. The minimum absolute atomic E-state index is 0.0108. The van der Waals surface area contributed by atoms with E-state index in [-0.39, 0.29) is 24.1 Å². The van der Waals surface area contributed by atoms with E-state index < -0.39 is 66.0 Å². The van der Waals surface area contributed by atoms with Crippen molar-refractivity contribution in [3.8, 4) is 0 Å². The lowest BCUT2D eigenvalue weighted by Crippen LogP contribution is -2.29. The predicted molar refractivity (Wildman–Crippen MR) is 131 cm³/mol. The van der Waals surface area contributed by atoms with Gasteiger partial charge in [0, 0.05) is 19.6 Å². The molecule has 0 saturated heterocycles. The molecule has 0 bridgehead atoms. The molecule has 2 unspecified atom stereocenters. The number of hydrogen-bond acceptors (Lipinski definition) is 6. The van der Waals surface area contributed by atoms with Crippen LogP contribution in [0.15, 0.2) is 48.7 Å². The lowest BCUT2D eigenvalue weighted by atomic mass is 9.94. The average Bonchev–Trinajstić information content (AvgIpc) is 3.51. The van der Waals surface area contributed by atoms with E-state index in [0.717, 1.165) is 21.8 Å². The molecule has 0 radical (unpaired) electrons. The Morgan fingerprint density at radius 1 is 0.905 bits per heavy atom. The van der Waals surface area contributed by atoms with Crippen LogP contribution in [0.2, 0.25) is 0 Å². The van der Waals surface area contributed by atoms with E-state index in [1.807, 2.05) is 0 Å². The van der Waals surface area contributed by atoms with Crippen LogP contribution in [0.4, 0.5) is 45.5 Å². The van der Waals surface area contributed by atoms with Crippen LogP contribution in [0.3, 0.4) is 0 Å². The summed E-state index contributed by atoms with van der Waals surface area (Å²) in [7, 11) is 1.37. The summed E-state index contributed by atoms with van der Waals surface area (Å²) >= 11 is 0. The molecule has 4 rings (SSSR count). The van der Waals surface area contributed by atoms with Crippen LogP contribution in [0.1, 0.15) is 52.8 Å². The molecule has 42 heavy (non-hydrogen) atoms. The van der Waals surface area contributed by atoms with Gasteiger partial charge in [-0.1, -0.05) is 18.1 Å². The van der Waals surface area contributed by atoms with Crippen LogP contribution in [0.25, 0.3) is 0 Å². The standard InChI is InChI=1S/C26H25F9N6O/c1-3-22(40-7-6-20(42)14-40)21-5-4-17(24(27,28)29)10-16(21)13-41(23-36-38-39(2)37-23)12-15-8-18(25(30,31)32)11-19(9-15)26(33,34)35/h4-11,20,22,42H,3,12-14H2,1-2H3. The molecule has 0 aliphatic carbocycles. The van der Waals surface area contributed by atoms with E-state index in [4.69, 9.17) is 0 Å². The first kappa shape index (κ1) is 31.1. The number of alkyl halides is 9. The third-order valence-electron chi connectivity index (χ3n) is 6.68. The number of aliphatic hydroxyl groups excluding tert-OH is 1. The monoisotopic (exact) mass is 608 g/mol. The van der Waals surface area contributed by atoms with E-state index in [1.165, 1.54) is 19.2 Å². The number of rotatable bonds is 8. The Balaban J connectivity index is 1.82. The molecule has 1 N–H and O–H groups in total. The molecule has 0 amide bonds. The molecular weight excluding hydrogens is 583 g/mol. The lowest BCUT2D eigenvalue weighted by Gasteiger charge is -2.31. The summed E-state index contributed by atoms with van der Waals surface area (Å²) < 4.78 is 122. The number of aliphatic hydroxyl groups is 1. The Bertz CT molecular complexity index is 1400. The van der Waals surface area contributed by atoms with Gasteiger partial charge in [-0.05, 0) is 70.9 Å². The van der Waals surface area contributed by atoms with Gasteiger partial charge in [-0.3, -0.25) is 0 Å². The zero-order valence-corrected chi connectivity index (χ0v) is 22.1. The third-order valence-corrected chi connectivity index (χ3v) is 6.68. The van der Waals surface area contributed by atoms with Crippen molar-refractivity contribution in [3.63, 3.8) is 0 Å². The van der Waals surface area contributed by atoms with Gasteiger partial charge in [-0.15, -0.1) is 5.10 Å². The van der Waals surface area contributed by atoms with Crippen LogP contribution in [-0.4, -0.2) is 42.9 Å². The summed E-state index contributed by atoms with van der Waals surface area (Å²) in [5, 5.41) is 21.4. The summed E-state index contributed by atoms with van der Waals surface area (Å²) in [6.07, 6.45) is -12.2. The molecule has 1 aliphatic heterocycles. The summed E-state index contributed by atoms with van der Waals surface area (Å²) in [6.45, 7) is 0.930. The largest absolute Gasteiger partial charge is 0.416 e. The van der Waals surface area contributed by atoms with Crippen molar-refractivity contribution in [2.45, 2.75) is 57.1 Å². The van der Waals surface area contributed by atoms with Crippen molar-refractivity contribution in [1.29, 1.82) is 0 Å². The molecule has 0 saturated carbocycles. The molecule has 7 nitrogen and oxygen atoms in total. The van der Waals surface area contributed by atoms with Crippen LogP contribution in [0.5, 0.6) is 0 Å². The summed E-state index contributed by atoms with van der Waals surface area (Å²) in [5.74, 6) is -0.226. The molecule has 3 aromatic rings. The minimum Gasteiger partial charge on any atom is -0.387 e. The van der Waals surface area contributed by atoms with Crippen LogP contribution in [-0.2, 0) is 38.7 Å². The molecular formula is C26H25F9N6O. The van der Waals surface area contributed by atoms with Gasteiger partial charge in [0.1, 0.15) is 0 Å². The quantitative estimate of drug-likeness (QED) is 0.311. The van der Waals surface area contributed by atoms with Gasteiger partial charge in [0.2, 0.25) is 0 Å². The van der Waals surface area contributed by atoms with Crippen molar-refractivity contribution in [1.82, 2.24) is 25.1 Å². The van der Waals surface area contributed by atoms with Crippen molar-refractivity contribution in [3.05, 3.63) is 82.1 Å². The molecule has 16 heteroatoms. The predicted octanol–water partition coefficient (Wildman–Crippen LogP) is 6.11. The molecule has 2 heterocycles. The zero-order chi connectivity index (χ0) is 31.0. The van der Waals surface area contributed by atoms with E-state index in [2.05, 4.69) is 15.4 Å². The highest BCUT2D eigenvalue weighted by Crippen LogP contribution is 2.38. The smallest absolute Gasteiger partial charge is 0.387 e. The van der Waals surface area contributed by atoms with Gasteiger partial charge in [-0.25, -0.2) is 0 Å². The van der Waals surface area contributed by atoms with Crippen molar-refractivity contribution >= 4 is 5.95 Å². The first-order valence-corrected chi connectivity index (χ1v) is 12.5. The number of aromatic nitrogens is 4. The Kier molecular flexibility index (Phi) is 8.49. The van der Waals surface area contributed by atoms with Crippen molar-refractivity contribution in [2.24, 2.45) is 7.05 Å². The third kappa shape index (κ3) is 7.14. The number of aryl methyl sites for hydroxylation is 1. The van der Waals surface area contributed by atoms with Gasteiger partial charge < -0.3 is 14.9 Å². The topological polar surface area (TPSA) is 70.3 Å². The summed E-state index contributed by atoms with van der Waals surface area (Å²) in [4.78, 5) is 3.89. The number of hydrogen-bond donors (Lipinski definition) is 1. The maximum Gasteiger partial charge on any atom is 0.416 e. The molecule has 2 atom stereocenters. The van der Waals surface area contributed by atoms with E-state index >= 15 is 0 Å². The molecule has 0 fully saturated rings. The highest BCUT2D eigenvalue weighted by molar-refractivity contribution is 5.42. The molecule has 1 aromatic heterocycles. The number of nitrogens with zero attached hydrogens (tertiary/aromatic N) is 6. The number of halogens is 9. The second-order valence-electron chi connectivity index (χ2n) is 9.79. The number of β-amino-alcohol motifs (C(OH)–C–C–N with tert-alkyl or cyclic N) is 1. The van der Waals surface area contributed by atoms with Crippen molar-refractivity contribution < 1.29 is 44.6 Å². The van der Waals surface area contributed by atoms with Gasteiger partial charge in [0.25, 0.3) is 5.95 Å². The first-order chi connectivity index (χ1) is 19.5. The highest BCUT2D eigenvalue weighted by Gasteiger charge is 2.37. The van der Waals surface area contributed by atoms with Gasteiger partial charge in [0.05, 0.1) is 35.9 Å². The van der Waals surface area contributed by atoms with E-state index in [1.54, 1.807) is 18.0 Å². The van der Waals surface area contributed by atoms with E-state index in [0.29, 0.717) is 24.1 Å². The zero-order valence-electron chi connectivity index (χ0n) is 22.1. The Morgan fingerprint density at radius 3 is 2.00 bits per heavy atom. The second-order valence-corrected chi connectivity index (χ2v) is 9.79. The molecule has 1 aliphatic rings. The van der Waals surface area contributed by atoms with Gasteiger partial charge >= 0.3 is 18.5 Å². The fourth-order valence-corrected chi connectivity index (χ4v) is 4.79. The molecule has 0 spiro atoms. The van der Waals surface area contributed by atoms with Gasteiger partial charge in [0.15, 0.2) is 0 Å². The molecule has 228 valence electrons. The Labute approximate surface area is 233 Å². The summed E-state index contributed by atoms with van der Waals surface area (Å²) in [5.41, 5.74) is -4.00. The number of benzene rings is 2. The number of anilines is 1. The van der Waals surface area contributed by atoms with Crippen molar-refractivity contribution in [2.75, 3.05) is 11.4 Å². The SMILES string of the molecule is CCC(c1ccc(C(F)(F)F)cc1CN(Cc1cc(C(F)(F)F)cc(C(F)(F)F)c1)c1nnn(C)n1)N1C=CC(O)C1. The van der Waals surface area contributed by atoms with Crippen LogP contribution in [0, 0.1) is 0 Å². The van der Waals surface area contributed by atoms with Crippen LogP contribution < -0.4 is 4.90 Å². The maximum atomic E-state index is 13.7. The Hall–Kier alpha value is -3.82. The van der Waals surface area contributed by atoms with E-state index in [9.17, 15) is 44.6 Å². The number of tetrazole rings is 1. The highest BCUT2D eigenvalue weighted by atomic mass is 19.4. The first-order valence-electron chi connectivity index (χ1n) is 12.5. The fourth-order valence-electron chi connectivity index (χ4n) is 4.79.